The maximum atomic E-state index is 13.4. The summed E-state index contributed by atoms with van der Waals surface area (Å²) in [6.45, 7) is 11.5. The van der Waals surface area contributed by atoms with E-state index in [0.717, 1.165) is 18.2 Å². The van der Waals surface area contributed by atoms with E-state index in [9.17, 15) is 40.2 Å². The van der Waals surface area contributed by atoms with Crippen LogP contribution in [0.2, 0.25) is 0 Å². The minimum Gasteiger partial charge on any atom is -0.507 e. The third-order valence-corrected chi connectivity index (χ3v) is 7.47. The van der Waals surface area contributed by atoms with Gasteiger partial charge in [0, 0.05) is 23.1 Å². The fourth-order valence-electron chi connectivity index (χ4n) is 5.18. The number of carbonyl (C=O) groups excluding carboxylic acids is 1. The number of fused-ring (bicyclic) bond motifs is 1. The van der Waals surface area contributed by atoms with Gasteiger partial charge in [0.25, 0.3) is 0 Å². The summed E-state index contributed by atoms with van der Waals surface area (Å²) in [5.41, 5.74) is -0.832. The zero-order valence-corrected chi connectivity index (χ0v) is 25.1. The summed E-state index contributed by atoms with van der Waals surface area (Å²) in [6, 6.07) is 7.85. The molecule has 228 valence electrons. The first-order chi connectivity index (χ1) is 19.9. The first-order valence-electron chi connectivity index (χ1n) is 13.6. The predicted molar refractivity (Wildman–Crippen MR) is 160 cm³/mol. The average Bonchev–Trinajstić information content (AvgIpc) is 2.90. The van der Waals surface area contributed by atoms with Crippen LogP contribution in [0.5, 0.6) is 34.5 Å². The molecule has 0 saturated carbocycles. The average molecular weight is 593 g/mol. The molecule has 1 unspecified atom stereocenters. The van der Waals surface area contributed by atoms with E-state index in [1.54, 1.807) is 12.1 Å². The number of carbonyl (C=O) groups is 1. The fourth-order valence-corrected chi connectivity index (χ4v) is 5.18. The van der Waals surface area contributed by atoms with Crippen molar-refractivity contribution in [2.45, 2.75) is 64.7 Å². The van der Waals surface area contributed by atoms with Gasteiger partial charge in [-0.3, -0.25) is 9.59 Å². The Morgan fingerprint density at radius 1 is 0.791 bits per heavy atom. The van der Waals surface area contributed by atoms with Crippen LogP contribution in [0.25, 0.3) is 22.3 Å². The number of benzene rings is 3. The molecule has 0 saturated heterocycles. The van der Waals surface area contributed by atoms with Crippen LogP contribution in [-0.4, -0.2) is 43.7 Å². The van der Waals surface area contributed by atoms with Gasteiger partial charge < -0.3 is 39.8 Å². The maximum Gasteiger partial charge on any atom is 0.306 e. The second-order valence-corrected chi connectivity index (χ2v) is 12.6. The number of hydrogen-bond acceptors (Lipinski definition) is 10. The van der Waals surface area contributed by atoms with Crippen molar-refractivity contribution in [3.8, 4) is 45.8 Å². The van der Waals surface area contributed by atoms with E-state index in [1.165, 1.54) is 13.2 Å². The molecule has 0 aliphatic carbocycles. The lowest BCUT2D eigenvalue weighted by molar-refractivity contribution is -0.140. The van der Waals surface area contributed by atoms with Gasteiger partial charge in [0.05, 0.1) is 13.5 Å². The molecular formula is C33H36O10. The molecule has 0 radical (unpaired) electrons. The Bertz CT molecular complexity index is 1770. The van der Waals surface area contributed by atoms with Crippen molar-refractivity contribution in [1.29, 1.82) is 0 Å². The Morgan fingerprint density at radius 2 is 1.37 bits per heavy atom. The van der Waals surface area contributed by atoms with Crippen molar-refractivity contribution in [1.82, 2.24) is 0 Å². The van der Waals surface area contributed by atoms with Gasteiger partial charge in [0.15, 0.2) is 17.3 Å². The highest BCUT2D eigenvalue weighted by atomic mass is 16.5. The molecule has 0 aliphatic rings. The summed E-state index contributed by atoms with van der Waals surface area (Å²) in [6.07, 6.45) is -0.332. The standard InChI is InChI=1S/C33H36O10/c1-32(2,3)18-10-16(11-19(27(18)39)33(4,5)6)17(13-24(38)42-7)25-22(36)14-23(37)26-28(40)29(41)30(43-31(25)26)15-8-9-20(34)21(35)12-15/h8-12,14,17,34-37,39,41H,13H2,1-7H3. The van der Waals surface area contributed by atoms with E-state index in [4.69, 9.17) is 9.15 Å². The van der Waals surface area contributed by atoms with E-state index in [0.29, 0.717) is 16.7 Å². The van der Waals surface area contributed by atoms with Crippen LogP contribution in [0.4, 0.5) is 0 Å². The molecule has 0 fully saturated rings. The number of rotatable bonds is 5. The summed E-state index contributed by atoms with van der Waals surface area (Å²) < 4.78 is 11.0. The zero-order chi connectivity index (χ0) is 32.2. The minimum atomic E-state index is -1.03. The molecule has 4 rings (SSSR count). The Labute approximate surface area is 248 Å². The van der Waals surface area contributed by atoms with Crippen molar-refractivity contribution in [2.75, 3.05) is 7.11 Å². The number of aromatic hydroxyl groups is 6. The van der Waals surface area contributed by atoms with Crippen LogP contribution in [0, 0.1) is 0 Å². The van der Waals surface area contributed by atoms with Gasteiger partial charge in [-0.2, -0.15) is 0 Å². The molecule has 6 N–H and O–H groups in total. The van der Waals surface area contributed by atoms with Gasteiger partial charge in [-0.25, -0.2) is 0 Å². The Kier molecular flexibility index (Phi) is 7.78. The number of hydrogen-bond donors (Lipinski definition) is 6. The van der Waals surface area contributed by atoms with E-state index in [1.807, 2.05) is 41.5 Å². The third-order valence-electron chi connectivity index (χ3n) is 7.47. The lowest BCUT2D eigenvalue weighted by Gasteiger charge is -2.30. The van der Waals surface area contributed by atoms with E-state index >= 15 is 0 Å². The van der Waals surface area contributed by atoms with Gasteiger partial charge in [-0.1, -0.05) is 53.7 Å². The number of methoxy groups -OCH3 is 1. The van der Waals surface area contributed by atoms with Gasteiger partial charge in [-0.15, -0.1) is 0 Å². The van der Waals surface area contributed by atoms with Crippen LogP contribution in [0.1, 0.15) is 76.1 Å². The molecule has 1 heterocycles. The molecule has 0 spiro atoms. The summed E-state index contributed by atoms with van der Waals surface area (Å²) >= 11 is 0. The van der Waals surface area contributed by atoms with Gasteiger partial charge in [0.1, 0.15) is 28.2 Å². The van der Waals surface area contributed by atoms with Gasteiger partial charge >= 0.3 is 5.97 Å². The lowest BCUT2D eigenvalue weighted by atomic mass is 9.75. The summed E-state index contributed by atoms with van der Waals surface area (Å²) in [5, 5.41) is 63.4. The molecule has 1 aromatic heterocycles. The van der Waals surface area contributed by atoms with Crippen LogP contribution in [0.15, 0.2) is 45.6 Å². The quantitative estimate of drug-likeness (QED) is 0.119. The highest BCUT2D eigenvalue weighted by molar-refractivity contribution is 5.92. The molecule has 0 bridgehead atoms. The summed E-state index contributed by atoms with van der Waals surface area (Å²) in [4.78, 5) is 26.2. The molecule has 10 heteroatoms. The molecule has 3 aromatic carbocycles. The van der Waals surface area contributed by atoms with Crippen LogP contribution >= 0.6 is 0 Å². The topological polar surface area (TPSA) is 178 Å². The molecule has 43 heavy (non-hydrogen) atoms. The van der Waals surface area contributed by atoms with Crippen molar-refractivity contribution < 1.29 is 44.6 Å². The molecule has 1 atom stereocenters. The number of ether oxygens (including phenoxy) is 1. The first-order valence-corrected chi connectivity index (χ1v) is 13.6. The zero-order valence-electron chi connectivity index (χ0n) is 25.1. The van der Waals surface area contributed by atoms with E-state index < -0.39 is 68.0 Å². The Hall–Kier alpha value is -4.86. The minimum absolute atomic E-state index is 0.0137. The normalized spacial score (nSPS) is 12.8. The molecule has 10 nitrogen and oxygen atoms in total. The largest absolute Gasteiger partial charge is 0.507 e. The highest BCUT2D eigenvalue weighted by Crippen LogP contribution is 2.48. The SMILES string of the molecule is COC(=O)CC(c1cc(C(C)(C)C)c(O)c(C(C)(C)C)c1)c1c(O)cc(O)c2c(=O)c(O)c(-c3ccc(O)c(O)c3)oc12. The highest BCUT2D eigenvalue weighted by Gasteiger charge is 2.33. The second kappa shape index (κ2) is 10.8. The van der Waals surface area contributed by atoms with E-state index in [-0.39, 0.29) is 28.9 Å². The summed E-state index contributed by atoms with van der Waals surface area (Å²) in [5.74, 6) is -5.05. The smallest absolute Gasteiger partial charge is 0.306 e. The third kappa shape index (κ3) is 5.64. The van der Waals surface area contributed by atoms with Crippen molar-refractivity contribution in [3.05, 3.63) is 68.9 Å². The van der Waals surface area contributed by atoms with Crippen LogP contribution in [-0.2, 0) is 20.4 Å². The Morgan fingerprint density at radius 3 is 1.88 bits per heavy atom. The van der Waals surface area contributed by atoms with Gasteiger partial charge in [-0.05, 0) is 45.7 Å². The monoisotopic (exact) mass is 592 g/mol. The van der Waals surface area contributed by atoms with Crippen molar-refractivity contribution in [3.63, 3.8) is 0 Å². The van der Waals surface area contributed by atoms with Gasteiger partial charge in [0.2, 0.25) is 11.2 Å². The summed E-state index contributed by atoms with van der Waals surface area (Å²) in [7, 11) is 1.21. The fraction of sp³-hybridized carbons (Fsp3) is 0.333. The second-order valence-electron chi connectivity index (χ2n) is 12.6. The number of phenols is 5. The number of esters is 1. The molecular weight excluding hydrogens is 556 g/mol. The lowest BCUT2D eigenvalue weighted by Crippen LogP contribution is -2.20. The van der Waals surface area contributed by atoms with E-state index in [2.05, 4.69) is 0 Å². The Balaban J connectivity index is 2.17. The molecule has 0 amide bonds. The predicted octanol–water partition coefficient (Wildman–Crippen LogP) is 5.98. The number of phenolic OH excluding ortho intramolecular Hbond substituents is 5. The molecule has 4 aromatic rings. The maximum absolute atomic E-state index is 13.4. The van der Waals surface area contributed by atoms with Crippen molar-refractivity contribution >= 4 is 16.9 Å². The van der Waals surface area contributed by atoms with Crippen LogP contribution in [0.3, 0.4) is 0 Å². The molecule has 0 aliphatic heterocycles. The van der Waals surface area contributed by atoms with Crippen LogP contribution < -0.4 is 5.43 Å². The van der Waals surface area contributed by atoms with Crippen molar-refractivity contribution in [2.24, 2.45) is 0 Å². The first kappa shape index (κ1) is 31.1.